The maximum atomic E-state index is 11.1. The third kappa shape index (κ3) is 2.25. The first-order valence-corrected chi connectivity index (χ1v) is 5.05. The van der Waals surface area contributed by atoms with Crippen LogP contribution in [0.3, 0.4) is 0 Å². The number of hydrogen-bond donors (Lipinski definition) is 2. The third-order valence-corrected chi connectivity index (χ3v) is 2.52. The number of amides is 1. The van der Waals surface area contributed by atoms with Crippen LogP contribution in [0.2, 0.25) is 0 Å². The van der Waals surface area contributed by atoms with Crippen LogP contribution < -0.4 is 0 Å². The molecule has 0 spiro atoms. The van der Waals surface area contributed by atoms with E-state index in [-0.39, 0.29) is 12.3 Å². The minimum absolute atomic E-state index is 0.150. The first-order chi connectivity index (χ1) is 7.66. The van der Waals surface area contributed by atoms with Crippen molar-refractivity contribution in [2.45, 2.75) is 6.10 Å². The van der Waals surface area contributed by atoms with E-state index in [1.54, 1.807) is 12.1 Å². The van der Waals surface area contributed by atoms with Crippen LogP contribution >= 0.6 is 0 Å². The Morgan fingerprint density at radius 2 is 2.06 bits per heavy atom. The number of carbonyl (C=O) groups excluding carboxylic acids is 1. The van der Waals surface area contributed by atoms with E-state index in [0.29, 0.717) is 18.7 Å². The summed E-state index contributed by atoms with van der Waals surface area (Å²) >= 11 is 0. The fourth-order valence-electron chi connectivity index (χ4n) is 1.60. The van der Waals surface area contributed by atoms with Crippen molar-refractivity contribution in [3.05, 3.63) is 29.8 Å². The number of phenols is 1. The molecule has 5 nitrogen and oxygen atoms in total. The van der Waals surface area contributed by atoms with Gasteiger partial charge in [-0.3, -0.25) is 0 Å². The molecular formula is C11H13NO4. The smallest absolute Gasteiger partial charge is 0.410 e. The number of β-amino-alcohol motifs (C(OH)–C–C–N with tert-alkyl or cyclic N) is 1. The van der Waals surface area contributed by atoms with Gasteiger partial charge in [-0.25, -0.2) is 4.79 Å². The first-order valence-electron chi connectivity index (χ1n) is 5.05. The van der Waals surface area contributed by atoms with Crippen molar-refractivity contribution in [3.8, 4) is 5.75 Å². The summed E-state index contributed by atoms with van der Waals surface area (Å²) in [7, 11) is 0. The molecular weight excluding hydrogens is 210 g/mol. The van der Waals surface area contributed by atoms with Gasteiger partial charge in [-0.2, -0.15) is 0 Å². The molecule has 0 aromatic heterocycles. The number of rotatable bonds is 3. The fourth-order valence-corrected chi connectivity index (χ4v) is 1.60. The fraction of sp³-hybridized carbons (Fsp3) is 0.364. The van der Waals surface area contributed by atoms with Crippen LogP contribution in [0, 0.1) is 0 Å². The van der Waals surface area contributed by atoms with Crippen LogP contribution in [0.4, 0.5) is 4.79 Å². The van der Waals surface area contributed by atoms with E-state index < -0.39 is 12.2 Å². The number of aliphatic hydroxyl groups excluding tert-OH is 1. The van der Waals surface area contributed by atoms with Gasteiger partial charge < -0.3 is 19.8 Å². The number of ether oxygens (including phenoxy) is 1. The van der Waals surface area contributed by atoms with Gasteiger partial charge in [0.05, 0.1) is 19.2 Å². The molecule has 0 bridgehead atoms. The summed E-state index contributed by atoms with van der Waals surface area (Å²) in [6, 6.07) is 6.25. The minimum atomic E-state index is -0.758. The number of benzene rings is 1. The summed E-state index contributed by atoms with van der Waals surface area (Å²) in [5.74, 6) is 0.150. The van der Waals surface area contributed by atoms with Gasteiger partial charge in [-0.1, -0.05) is 12.1 Å². The SMILES string of the molecule is O=C1OCCN1CC(O)c1ccc(O)cc1. The highest BCUT2D eigenvalue weighted by Crippen LogP contribution is 2.18. The summed E-state index contributed by atoms with van der Waals surface area (Å²) in [6.07, 6.45) is -1.15. The molecule has 0 saturated carbocycles. The lowest BCUT2D eigenvalue weighted by molar-refractivity contribution is 0.118. The topological polar surface area (TPSA) is 70.0 Å². The van der Waals surface area contributed by atoms with Crippen LogP contribution in [0.15, 0.2) is 24.3 Å². The third-order valence-electron chi connectivity index (χ3n) is 2.52. The van der Waals surface area contributed by atoms with Gasteiger partial charge in [0.2, 0.25) is 0 Å². The summed E-state index contributed by atoms with van der Waals surface area (Å²) in [5, 5.41) is 19.0. The Kier molecular flexibility index (Phi) is 2.96. The second kappa shape index (κ2) is 4.40. The van der Waals surface area contributed by atoms with E-state index >= 15 is 0 Å². The normalized spacial score (nSPS) is 17.3. The zero-order valence-corrected chi connectivity index (χ0v) is 8.67. The van der Waals surface area contributed by atoms with Gasteiger partial charge in [0.1, 0.15) is 12.4 Å². The van der Waals surface area contributed by atoms with E-state index in [4.69, 9.17) is 9.84 Å². The molecule has 1 amide bonds. The Morgan fingerprint density at radius 3 is 2.62 bits per heavy atom. The molecule has 0 radical (unpaired) electrons. The predicted octanol–water partition coefficient (Wildman–Crippen LogP) is 0.878. The van der Waals surface area contributed by atoms with Crippen molar-refractivity contribution in [3.63, 3.8) is 0 Å². The Morgan fingerprint density at radius 1 is 1.38 bits per heavy atom. The number of phenolic OH excluding ortho intramolecular Hbond substituents is 1. The van der Waals surface area contributed by atoms with Crippen molar-refractivity contribution < 1.29 is 19.7 Å². The van der Waals surface area contributed by atoms with Gasteiger partial charge in [0, 0.05) is 0 Å². The predicted molar refractivity (Wildman–Crippen MR) is 56.0 cm³/mol. The molecule has 1 atom stereocenters. The lowest BCUT2D eigenvalue weighted by Gasteiger charge is -2.17. The number of aromatic hydroxyl groups is 1. The molecule has 2 rings (SSSR count). The standard InChI is InChI=1S/C11H13NO4/c13-9-3-1-8(2-4-9)10(14)7-12-5-6-16-11(12)15/h1-4,10,13-14H,5-7H2. The van der Waals surface area contributed by atoms with Gasteiger partial charge in [-0.05, 0) is 17.7 Å². The maximum absolute atomic E-state index is 11.1. The molecule has 16 heavy (non-hydrogen) atoms. The molecule has 5 heteroatoms. The number of cyclic esters (lactones) is 1. The number of aliphatic hydroxyl groups is 1. The van der Waals surface area contributed by atoms with Crippen LogP contribution in [-0.2, 0) is 4.74 Å². The zero-order valence-electron chi connectivity index (χ0n) is 8.67. The molecule has 1 aliphatic rings. The van der Waals surface area contributed by atoms with E-state index in [2.05, 4.69) is 0 Å². The molecule has 1 unspecified atom stereocenters. The van der Waals surface area contributed by atoms with Crippen molar-refractivity contribution in [1.29, 1.82) is 0 Å². The number of carbonyl (C=O) groups is 1. The highest BCUT2D eigenvalue weighted by atomic mass is 16.6. The van der Waals surface area contributed by atoms with E-state index in [1.165, 1.54) is 17.0 Å². The number of hydrogen-bond acceptors (Lipinski definition) is 4. The molecule has 1 aromatic carbocycles. The molecule has 2 N–H and O–H groups in total. The number of nitrogens with zero attached hydrogens (tertiary/aromatic N) is 1. The van der Waals surface area contributed by atoms with E-state index in [9.17, 15) is 9.90 Å². The first kappa shape index (κ1) is 10.8. The summed E-state index contributed by atoms with van der Waals surface area (Å²) < 4.78 is 4.76. The molecule has 86 valence electrons. The van der Waals surface area contributed by atoms with E-state index in [0.717, 1.165) is 0 Å². The largest absolute Gasteiger partial charge is 0.508 e. The Hall–Kier alpha value is -1.75. The van der Waals surface area contributed by atoms with Crippen molar-refractivity contribution in [2.75, 3.05) is 19.7 Å². The van der Waals surface area contributed by atoms with Crippen molar-refractivity contribution in [1.82, 2.24) is 4.90 Å². The molecule has 1 fully saturated rings. The van der Waals surface area contributed by atoms with Crippen molar-refractivity contribution in [2.24, 2.45) is 0 Å². The van der Waals surface area contributed by atoms with E-state index in [1.807, 2.05) is 0 Å². The van der Waals surface area contributed by atoms with Crippen molar-refractivity contribution >= 4 is 6.09 Å². The minimum Gasteiger partial charge on any atom is -0.508 e. The summed E-state index contributed by atoms with van der Waals surface area (Å²) in [6.45, 7) is 1.10. The molecule has 1 saturated heterocycles. The summed E-state index contributed by atoms with van der Waals surface area (Å²) in [5.41, 5.74) is 0.664. The highest BCUT2D eigenvalue weighted by molar-refractivity contribution is 5.69. The Labute approximate surface area is 92.9 Å². The molecule has 0 aliphatic carbocycles. The summed E-state index contributed by atoms with van der Waals surface area (Å²) in [4.78, 5) is 12.6. The highest BCUT2D eigenvalue weighted by Gasteiger charge is 2.24. The van der Waals surface area contributed by atoms with Gasteiger partial charge >= 0.3 is 6.09 Å². The van der Waals surface area contributed by atoms with Crippen LogP contribution in [0.25, 0.3) is 0 Å². The molecule has 1 aliphatic heterocycles. The van der Waals surface area contributed by atoms with Crippen LogP contribution in [-0.4, -0.2) is 40.9 Å². The lowest BCUT2D eigenvalue weighted by Crippen LogP contribution is -2.29. The van der Waals surface area contributed by atoms with Crippen LogP contribution in [0.1, 0.15) is 11.7 Å². The average Bonchev–Trinajstić information content (AvgIpc) is 2.65. The zero-order chi connectivity index (χ0) is 11.5. The molecule has 1 heterocycles. The monoisotopic (exact) mass is 223 g/mol. The van der Waals surface area contributed by atoms with Gasteiger partial charge in [0.15, 0.2) is 0 Å². The van der Waals surface area contributed by atoms with Gasteiger partial charge in [0.25, 0.3) is 0 Å². The lowest BCUT2D eigenvalue weighted by atomic mass is 10.1. The van der Waals surface area contributed by atoms with Gasteiger partial charge in [-0.15, -0.1) is 0 Å². The second-order valence-corrected chi connectivity index (χ2v) is 3.67. The quantitative estimate of drug-likeness (QED) is 0.798. The Balaban J connectivity index is 1.99. The maximum Gasteiger partial charge on any atom is 0.410 e. The molecule has 1 aromatic rings. The Bertz CT molecular complexity index is 376. The van der Waals surface area contributed by atoms with Crippen LogP contribution in [0.5, 0.6) is 5.75 Å². The average molecular weight is 223 g/mol. The second-order valence-electron chi connectivity index (χ2n) is 3.67.